The highest BCUT2D eigenvalue weighted by atomic mass is 16.3. The molecule has 0 aliphatic carbocycles. The summed E-state index contributed by atoms with van der Waals surface area (Å²) in [4.78, 5) is 0. The van der Waals surface area contributed by atoms with E-state index in [9.17, 15) is 10.2 Å². The Labute approximate surface area is 107 Å². The van der Waals surface area contributed by atoms with Gasteiger partial charge in [0.05, 0.1) is 6.61 Å². The second kappa shape index (κ2) is 5.52. The van der Waals surface area contributed by atoms with Crippen LogP contribution in [-0.4, -0.2) is 16.8 Å². The van der Waals surface area contributed by atoms with E-state index in [0.717, 1.165) is 22.3 Å². The van der Waals surface area contributed by atoms with Crippen molar-refractivity contribution in [3.63, 3.8) is 0 Å². The van der Waals surface area contributed by atoms with Crippen LogP contribution in [0.5, 0.6) is 5.75 Å². The first-order valence-corrected chi connectivity index (χ1v) is 5.89. The van der Waals surface area contributed by atoms with Crippen LogP contribution in [-0.2, 0) is 0 Å². The molecule has 0 aliphatic heterocycles. The van der Waals surface area contributed by atoms with Gasteiger partial charge in [-0.1, -0.05) is 42.5 Å². The Balaban J connectivity index is 2.56. The van der Waals surface area contributed by atoms with Crippen LogP contribution in [0.3, 0.4) is 0 Å². The van der Waals surface area contributed by atoms with Crippen LogP contribution in [0.15, 0.2) is 54.6 Å². The second-order valence-electron chi connectivity index (χ2n) is 4.17. The molecular weight excluding hydrogens is 224 g/mol. The second-order valence-corrected chi connectivity index (χ2v) is 4.17. The molecule has 2 rings (SSSR count). The minimum absolute atomic E-state index is 0.0284. The van der Waals surface area contributed by atoms with Crippen LogP contribution < -0.4 is 0 Å². The fourth-order valence-electron chi connectivity index (χ4n) is 1.99. The topological polar surface area (TPSA) is 40.5 Å². The number of benzene rings is 2. The smallest absolute Gasteiger partial charge is 0.116 e. The Kier molecular flexibility index (Phi) is 3.80. The minimum atomic E-state index is -0.0284. The zero-order valence-electron chi connectivity index (χ0n) is 10.3. The molecule has 0 saturated heterocycles. The average Bonchev–Trinajstić information content (AvgIpc) is 2.40. The molecule has 2 heteroatoms. The molecule has 0 heterocycles. The number of hydrogen-bond donors (Lipinski definition) is 2. The van der Waals surface area contributed by atoms with E-state index in [4.69, 9.17) is 0 Å². The third-order valence-electron chi connectivity index (χ3n) is 2.89. The Morgan fingerprint density at radius 1 is 1.11 bits per heavy atom. The number of aliphatic hydroxyl groups excluding tert-OH is 1. The first kappa shape index (κ1) is 12.4. The Hall–Kier alpha value is -2.06. The molecule has 0 unspecified atom stereocenters. The van der Waals surface area contributed by atoms with E-state index in [2.05, 4.69) is 0 Å². The van der Waals surface area contributed by atoms with Gasteiger partial charge in [-0.15, -0.1) is 0 Å². The van der Waals surface area contributed by atoms with Crippen molar-refractivity contribution in [3.05, 3.63) is 71.3 Å². The number of aromatic hydroxyl groups is 1. The molecule has 0 radical (unpaired) electrons. The Morgan fingerprint density at radius 2 is 1.83 bits per heavy atom. The van der Waals surface area contributed by atoms with E-state index in [0.29, 0.717) is 0 Å². The lowest BCUT2D eigenvalue weighted by atomic mass is 9.94. The summed E-state index contributed by atoms with van der Waals surface area (Å²) in [6.07, 6.45) is 1.76. The van der Waals surface area contributed by atoms with Crippen molar-refractivity contribution in [2.24, 2.45) is 0 Å². The summed E-state index contributed by atoms with van der Waals surface area (Å²) in [5, 5.41) is 18.8. The van der Waals surface area contributed by atoms with Crippen LogP contribution in [0.1, 0.15) is 16.7 Å². The van der Waals surface area contributed by atoms with E-state index >= 15 is 0 Å². The summed E-state index contributed by atoms with van der Waals surface area (Å²) in [7, 11) is 0. The number of aliphatic hydroxyl groups is 1. The van der Waals surface area contributed by atoms with Gasteiger partial charge >= 0.3 is 0 Å². The molecule has 18 heavy (non-hydrogen) atoms. The molecule has 2 aromatic carbocycles. The maximum Gasteiger partial charge on any atom is 0.116 e. The molecule has 0 bridgehead atoms. The zero-order chi connectivity index (χ0) is 13.0. The van der Waals surface area contributed by atoms with Gasteiger partial charge in [0.15, 0.2) is 0 Å². The van der Waals surface area contributed by atoms with Crippen LogP contribution in [0.4, 0.5) is 0 Å². The summed E-state index contributed by atoms with van der Waals surface area (Å²) in [5.74, 6) is 0.232. The summed E-state index contributed by atoms with van der Waals surface area (Å²) in [5.41, 5.74) is 3.97. The van der Waals surface area contributed by atoms with E-state index in [-0.39, 0.29) is 12.4 Å². The molecule has 0 saturated carbocycles. The van der Waals surface area contributed by atoms with Crippen LogP contribution in [0.25, 0.3) is 5.57 Å². The Bertz CT molecular complexity index is 557. The third kappa shape index (κ3) is 2.60. The molecule has 0 amide bonds. The lowest BCUT2D eigenvalue weighted by Gasteiger charge is -2.11. The minimum Gasteiger partial charge on any atom is -0.508 e. The van der Waals surface area contributed by atoms with Crippen molar-refractivity contribution in [3.8, 4) is 5.75 Å². The highest BCUT2D eigenvalue weighted by Gasteiger charge is 2.08. The van der Waals surface area contributed by atoms with Gasteiger partial charge in [0, 0.05) is 0 Å². The highest BCUT2D eigenvalue weighted by Crippen LogP contribution is 2.28. The quantitative estimate of drug-likeness (QED) is 0.865. The normalized spacial score (nSPS) is 11.6. The number of aryl methyl sites for hydroxylation is 1. The molecule has 92 valence electrons. The first-order chi connectivity index (χ1) is 8.72. The van der Waals surface area contributed by atoms with Gasteiger partial charge in [0.1, 0.15) is 5.75 Å². The van der Waals surface area contributed by atoms with E-state index in [1.54, 1.807) is 18.2 Å². The SMILES string of the molecule is Cc1ccc(O)cc1/C(=C\CO)c1ccccc1. The number of phenolic OH excluding ortho intramolecular Hbond substituents is 1. The monoisotopic (exact) mass is 240 g/mol. The van der Waals surface area contributed by atoms with E-state index in [1.807, 2.05) is 43.3 Å². The summed E-state index contributed by atoms with van der Waals surface area (Å²) < 4.78 is 0. The molecule has 2 aromatic rings. The van der Waals surface area contributed by atoms with Gasteiger partial charge in [-0.3, -0.25) is 0 Å². The highest BCUT2D eigenvalue weighted by molar-refractivity contribution is 5.81. The van der Waals surface area contributed by atoms with Crippen LogP contribution in [0.2, 0.25) is 0 Å². The third-order valence-corrected chi connectivity index (χ3v) is 2.89. The molecule has 2 N–H and O–H groups in total. The molecule has 0 aliphatic rings. The predicted molar refractivity (Wildman–Crippen MR) is 73.5 cm³/mol. The maximum atomic E-state index is 9.61. The predicted octanol–water partition coefficient (Wildman–Crippen LogP) is 3.12. The summed E-state index contributed by atoms with van der Waals surface area (Å²) in [6, 6.07) is 15.1. The summed E-state index contributed by atoms with van der Waals surface area (Å²) >= 11 is 0. The zero-order valence-corrected chi connectivity index (χ0v) is 10.3. The molecule has 0 atom stereocenters. The average molecular weight is 240 g/mol. The van der Waals surface area contributed by atoms with E-state index < -0.39 is 0 Å². The largest absolute Gasteiger partial charge is 0.508 e. The molecule has 0 spiro atoms. The molecule has 2 nitrogen and oxygen atoms in total. The van der Waals surface area contributed by atoms with E-state index in [1.165, 1.54) is 0 Å². The van der Waals surface area contributed by atoms with Gasteiger partial charge in [0.2, 0.25) is 0 Å². The van der Waals surface area contributed by atoms with Crippen molar-refractivity contribution in [1.29, 1.82) is 0 Å². The first-order valence-electron chi connectivity index (χ1n) is 5.89. The van der Waals surface area contributed by atoms with Crippen molar-refractivity contribution in [2.75, 3.05) is 6.61 Å². The van der Waals surface area contributed by atoms with Crippen molar-refractivity contribution >= 4 is 5.57 Å². The Morgan fingerprint density at radius 3 is 2.50 bits per heavy atom. The molecule has 0 aromatic heterocycles. The van der Waals surface area contributed by atoms with Crippen molar-refractivity contribution < 1.29 is 10.2 Å². The fourth-order valence-corrected chi connectivity index (χ4v) is 1.99. The standard InChI is InChI=1S/C16H16O2/c1-12-7-8-14(18)11-16(12)15(9-10-17)13-5-3-2-4-6-13/h2-9,11,17-18H,10H2,1H3/b15-9-. The molecular formula is C16H16O2. The van der Waals surface area contributed by atoms with Gasteiger partial charge in [-0.05, 0) is 41.3 Å². The van der Waals surface area contributed by atoms with Gasteiger partial charge in [-0.2, -0.15) is 0 Å². The van der Waals surface area contributed by atoms with Crippen molar-refractivity contribution in [2.45, 2.75) is 6.92 Å². The maximum absolute atomic E-state index is 9.61. The van der Waals surface area contributed by atoms with Gasteiger partial charge < -0.3 is 10.2 Å². The fraction of sp³-hybridized carbons (Fsp3) is 0.125. The number of hydrogen-bond acceptors (Lipinski definition) is 2. The lowest BCUT2D eigenvalue weighted by Crippen LogP contribution is -1.93. The van der Waals surface area contributed by atoms with Crippen molar-refractivity contribution in [1.82, 2.24) is 0 Å². The van der Waals surface area contributed by atoms with Gasteiger partial charge in [-0.25, -0.2) is 0 Å². The lowest BCUT2D eigenvalue weighted by molar-refractivity contribution is 0.343. The number of phenols is 1. The van der Waals surface area contributed by atoms with Crippen LogP contribution in [0, 0.1) is 6.92 Å². The number of rotatable bonds is 3. The van der Waals surface area contributed by atoms with Gasteiger partial charge in [0.25, 0.3) is 0 Å². The summed E-state index contributed by atoms with van der Waals surface area (Å²) in [6.45, 7) is 1.96. The molecule has 0 fully saturated rings. The van der Waals surface area contributed by atoms with Crippen LogP contribution >= 0.6 is 0 Å².